The third-order valence-electron chi connectivity index (χ3n) is 4.17. The fraction of sp³-hybridized carbons (Fsp3) is 0.929. The minimum Gasteiger partial charge on any atom is -0.384 e. The number of hydrogen-bond acceptors (Lipinski definition) is 3. The number of nitrogens with one attached hydrogen (secondary N) is 1. The van der Waals surface area contributed by atoms with Crippen LogP contribution in [0.1, 0.15) is 39.5 Å². The molecule has 1 unspecified atom stereocenters. The molecule has 0 bridgehead atoms. The van der Waals surface area contributed by atoms with Gasteiger partial charge in [-0.25, -0.2) is 0 Å². The summed E-state index contributed by atoms with van der Waals surface area (Å²) >= 11 is 0. The van der Waals surface area contributed by atoms with Crippen LogP contribution < -0.4 is 11.1 Å². The number of hydrogen-bond donors (Lipinski definition) is 2. The Balaban J connectivity index is 2.47. The van der Waals surface area contributed by atoms with Gasteiger partial charge in [0.15, 0.2) is 0 Å². The average molecular weight is 256 g/mol. The highest BCUT2D eigenvalue weighted by molar-refractivity contribution is 5.83. The molecule has 4 nitrogen and oxygen atoms in total. The van der Waals surface area contributed by atoms with E-state index >= 15 is 0 Å². The summed E-state index contributed by atoms with van der Waals surface area (Å²) in [6.07, 6.45) is 4.07. The Morgan fingerprint density at radius 1 is 1.50 bits per heavy atom. The van der Waals surface area contributed by atoms with Crippen LogP contribution in [-0.4, -0.2) is 32.7 Å². The van der Waals surface area contributed by atoms with Crippen molar-refractivity contribution in [2.45, 2.75) is 39.5 Å². The topological polar surface area (TPSA) is 64.3 Å². The summed E-state index contributed by atoms with van der Waals surface area (Å²) < 4.78 is 5.07. The summed E-state index contributed by atoms with van der Waals surface area (Å²) in [6, 6.07) is 0. The van der Waals surface area contributed by atoms with Crippen LogP contribution in [0.5, 0.6) is 0 Å². The number of rotatable bonds is 6. The molecule has 0 radical (unpaired) electrons. The second-order valence-corrected chi connectivity index (χ2v) is 5.94. The zero-order valence-electron chi connectivity index (χ0n) is 12.0. The van der Waals surface area contributed by atoms with E-state index in [0.29, 0.717) is 25.6 Å². The number of amides is 1. The molecule has 0 aromatic rings. The van der Waals surface area contributed by atoms with Crippen LogP contribution in [0.25, 0.3) is 0 Å². The Morgan fingerprint density at radius 2 is 2.11 bits per heavy atom. The van der Waals surface area contributed by atoms with Crippen molar-refractivity contribution in [1.29, 1.82) is 0 Å². The van der Waals surface area contributed by atoms with E-state index in [1.54, 1.807) is 7.11 Å². The predicted molar refractivity (Wildman–Crippen MR) is 73.2 cm³/mol. The summed E-state index contributed by atoms with van der Waals surface area (Å²) in [5, 5.41) is 3.04. The van der Waals surface area contributed by atoms with E-state index < -0.39 is 0 Å². The second kappa shape index (κ2) is 7.10. The highest BCUT2D eigenvalue weighted by atomic mass is 16.5. The predicted octanol–water partition coefficient (Wildman–Crippen LogP) is 1.54. The standard InChI is InChI=1S/C14H28N2O2/c1-11-4-6-14(10-15,7-5-11)13(17)16-8-12(2)9-18-3/h11-12H,4-10,15H2,1-3H3,(H,16,17). The van der Waals surface area contributed by atoms with Crippen molar-refractivity contribution >= 4 is 5.91 Å². The molecule has 0 spiro atoms. The maximum absolute atomic E-state index is 12.3. The average Bonchev–Trinajstić information content (AvgIpc) is 2.38. The molecule has 1 saturated carbocycles. The van der Waals surface area contributed by atoms with Gasteiger partial charge in [0.1, 0.15) is 0 Å². The first kappa shape index (κ1) is 15.4. The van der Waals surface area contributed by atoms with Gasteiger partial charge in [-0.2, -0.15) is 0 Å². The van der Waals surface area contributed by atoms with Gasteiger partial charge in [0, 0.05) is 20.2 Å². The fourth-order valence-corrected chi connectivity index (χ4v) is 2.64. The molecule has 0 aromatic carbocycles. The molecule has 0 aliphatic heterocycles. The monoisotopic (exact) mass is 256 g/mol. The van der Waals surface area contributed by atoms with E-state index in [-0.39, 0.29) is 11.3 Å². The fourth-order valence-electron chi connectivity index (χ4n) is 2.64. The SMILES string of the molecule is COCC(C)CNC(=O)C1(CN)CCC(C)CC1. The van der Waals surface area contributed by atoms with Gasteiger partial charge < -0.3 is 15.8 Å². The molecule has 1 aliphatic rings. The molecule has 106 valence electrons. The molecule has 1 aliphatic carbocycles. The first-order valence-electron chi connectivity index (χ1n) is 7.01. The van der Waals surface area contributed by atoms with Crippen LogP contribution in [0.3, 0.4) is 0 Å². The molecule has 1 atom stereocenters. The Bertz CT molecular complexity index is 261. The first-order chi connectivity index (χ1) is 8.54. The van der Waals surface area contributed by atoms with Crippen molar-refractivity contribution < 1.29 is 9.53 Å². The number of nitrogens with two attached hydrogens (primary N) is 1. The quantitative estimate of drug-likeness (QED) is 0.757. The highest BCUT2D eigenvalue weighted by Crippen LogP contribution is 2.38. The number of ether oxygens (including phenoxy) is 1. The second-order valence-electron chi connectivity index (χ2n) is 5.94. The van der Waals surface area contributed by atoms with Gasteiger partial charge in [0.2, 0.25) is 5.91 Å². The zero-order valence-corrected chi connectivity index (χ0v) is 12.0. The van der Waals surface area contributed by atoms with Gasteiger partial charge in [-0.1, -0.05) is 13.8 Å². The summed E-state index contributed by atoms with van der Waals surface area (Å²) in [7, 11) is 1.68. The van der Waals surface area contributed by atoms with Crippen LogP contribution in [0.4, 0.5) is 0 Å². The minimum atomic E-state index is -0.320. The molecule has 0 saturated heterocycles. The zero-order chi connectivity index (χ0) is 13.6. The van der Waals surface area contributed by atoms with Gasteiger partial charge >= 0.3 is 0 Å². The van der Waals surface area contributed by atoms with E-state index in [9.17, 15) is 4.79 Å². The van der Waals surface area contributed by atoms with E-state index in [1.165, 1.54) is 0 Å². The molecule has 0 aromatic heterocycles. The summed E-state index contributed by atoms with van der Waals surface area (Å²) in [5.74, 6) is 1.21. The van der Waals surface area contributed by atoms with Crippen molar-refractivity contribution in [1.82, 2.24) is 5.32 Å². The van der Waals surface area contributed by atoms with Crippen molar-refractivity contribution in [3.63, 3.8) is 0 Å². The molecule has 3 N–H and O–H groups in total. The van der Waals surface area contributed by atoms with Gasteiger partial charge in [0.25, 0.3) is 0 Å². The lowest BCUT2D eigenvalue weighted by Gasteiger charge is -2.37. The molecule has 4 heteroatoms. The number of carbonyl (C=O) groups is 1. The van der Waals surface area contributed by atoms with Crippen LogP contribution in [0, 0.1) is 17.3 Å². The van der Waals surface area contributed by atoms with Gasteiger partial charge in [0.05, 0.1) is 12.0 Å². The summed E-state index contributed by atoms with van der Waals surface area (Å²) in [5.41, 5.74) is 5.54. The maximum atomic E-state index is 12.3. The molecular weight excluding hydrogens is 228 g/mol. The largest absolute Gasteiger partial charge is 0.384 e. The third-order valence-corrected chi connectivity index (χ3v) is 4.17. The van der Waals surface area contributed by atoms with Crippen LogP contribution >= 0.6 is 0 Å². The van der Waals surface area contributed by atoms with Crippen molar-refractivity contribution in [3.8, 4) is 0 Å². The summed E-state index contributed by atoms with van der Waals surface area (Å²) in [6.45, 7) is 6.13. The molecular formula is C14H28N2O2. The van der Waals surface area contributed by atoms with Crippen LogP contribution in [-0.2, 0) is 9.53 Å². The lowest BCUT2D eigenvalue weighted by molar-refractivity contribution is -0.133. The van der Waals surface area contributed by atoms with E-state index in [2.05, 4.69) is 19.2 Å². The molecule has 1 fully saturated rings. The molecule has 0 heterocycles. The lowest BCUT2D eigenvalue weighted by atomic mass is 9.70. The van der Waals surface area contributed by atoms with Gasteiger partial charge in [-0.05, 0) is 37.5 Å². The maximum Gasteiger partial charge on any atom is 0.227 e. The Hall–Kier alpha value is -0.610. The van der Waals surface area contributed by atoms with Crippen LogP contribution in [0.2, 0.25) is 0 Å². The van der Waals surface area contributed by atoms with E-state index in [1.807, 2.05) is 0 Å². The Labute approximate surface area is 111 Å². The molecule has 1 rings (SSSR count). The van der Waals surface area contributed by atoms with Gasteiger partial charge in [-0.15, -0.1) is 0 Å². The third kappa shape index (κ3) is 3.95. The lowest BCUT2D eigenvalue weighted by Crippen LogP contribution is -2.49. The Morgan fingerprint density at radius 3 is 2.61 bits per heavy atom. The normalized spacial score (nSPS) is 29.9. The van der Waals surface area contributed by atoms with Gasteiger partial charge in [-0.3, -0.25) is 4.79 Å². The Kier molecular flexibility index (Phi) is 6.09. The van der Waals surface area contributed by atoms with Crippen LogP contribution in [0.15, 0.2) is 0 Å². The number of methoxy groups -OCH3 is 1. The van der Waals surface area contributed by atoms with E-state index in [4.69, 9.17) is 10.5 Å². The molecule has 1 amide bonds. The smallest absolute Gasteiger partial charge is 0.227 e. The highest BCUT2D eigenvalue weighted by Gasteiger charge is 2.39. The van der Waals surface area contributed by atoms with Crippen molar-refractivity contribution in [3.05, 3.63) is 0 Å². The number of carbonyl (C=O) groups excluding carboxylic acids is 1. The van der Waals surface area contributed by atoms with Crippen molar-refractivity contribution in [2.24, 2.45) is 23.0 Å². The van der Waals surface area contributed by atoms with Crippen molar-refractivity contribution in [2.75, 3.05) is 26.8 Å². The van der Waals surface area contributed by atoms with E-state index in [0.717, 1.165) is 31.6 Å². The first-order valence-corrected chi connectivity index (χ1v) is 7.01. The minimum absolute atomic E-state index is 0.139. The summed E-state index contributed by atoms with van der Waals surface area (Å²) in [4.78, 5) is 12.3. The molecule has 18 heavy (non-hydrogen) atoms.